The Balaban J connectivity index is 2.87. The first-order valence-electron chi connectivity index (χ1n) is 3.89. The van der Waals surface area contributed by atoms with Crippen molar-refractivity contribution in [1.82, 2.24) is 4.98 Å². The maximum atomic E-state index is 12.9. The number of pyridine rings is 1. The number of benzene rings is 1. The Morgan fingerprint density at radius 2 is 2.08 bits per heavy atom. The van der Waals surface area contributed by atoms with Gasteiger partial charge in [-0.2, -0.15) is 0 Å². The van der Waals surface area contributed by atoms with Crippen LogP contribution in [0.1, 0.15) is 5.69 Å². The molecule has 1 aromatic heterocycles. The minimum atomic E-state index is -0.245. The number of aryl methyl sites for hydroxylation is 1. The summed E-state index contributed by atoms with van der Waals surface area (Å²) in [7, 11) is 0. The quantitative estimate of drug-likeness (QED) is 0.687. The third-order valence-electron chi connectivity index (χ3n) is 1.85. The maximum absolute atomic E-state index is 12.9. The highest BCUT2D eigenvalue weighted by atomic mass is 79.9. The van der Waals surface area contributed by atoms with Gasteiger partial charge in [0.2, 0.25) is 0 Å². The van der Waals surface area contributed by atoms with Gasteiger partial charge in [-0.1, -0.05) is 6.07 Å². The second-order valence-corrected chi connectivity index (χ2v) is 3.77. The van der Waals surface area contributed by atoms with Crippen molar-refractivity contribution in [3.05, 3.63) is 40.2 Å². The third kappa shape index (κ3) is 1.56. The van der Waals surface area contributed by atoms with Gasteiger partial charge in [-0.05, 0) is 41.1 Å². The summed E-state index contributed by atoms with van der Waals surface area (Å²) in [6.07, 6.45) is 0. The van der Waals surface area contributed by atoms with Gasteiger partial charge in [0.05, 0.1) is 5.52 Å². The van der Waals surface area contributed by atoms with E-state index in [2.05, 4.69) is 20.9 Å². The first kappa shape index (κ1) is 8.63. The minimum absolute atomic E-state index is 0.245. The molecule has 0 aliphatic carbocycles. The topological polar surface area (TPSA) is 12.9 Å². The van der Waals surface area contributed by atoms with Crippen molar-refractivity contribution in [1.29, 1.82) is 0 Å². The molecule has 0 N–H and O–H groups in total. The van der Waals surface area contributed by atoms with E-state index in [1.54, 1.807) is 0 Å². The zero-order chi connectivity index (χ0) is 9.42. The summed E-state index contributed by atoms with van der Waals surface area (Å²) < 4.78 is 13.6. The average Bonchev–Trinajstić information content (AvgIpc) is 2.06. The Kier molecular flexibility index (Phi) is 2.04. The molecule has 66 valence electrons. The van der Waals surface area contributed by atoms with Gasteiger partial charge in [0.15, 0.2) is 0 Å². The van der Waals surface area contributed by atoms with Crippen molar-refractivity contribution >= 4 is 26.8 Å². The van der Waals surface area contributed by atoms with Gasteiger partial charge in [-0.3, -0.25) is 4.98 Å². The van der Waals surface area contributed by atoms with E-state index in [1.807, 2.05) is 19.1 Å². The standard InChI is InChI=1S/C10H7BrFN/c1-6-2-3-7-4-8(12)5-9(11)10(7)13-6/h2-5H,1H3. The van der Waals surface area contributed by atoms with Crippen LogP contribution in [0.5, 0.6) is 0 Å². The molecule has 1 nitrogen and oxygen atoms in total. The Morgan fingerprint density at radius 3 is 2.85 bits per heavy atom. The van der Waals surface area contributed by atoms with Crippen LogP contribution in [-0.2, 0) is 0 Å². The van der Waals surface area contributed by atoms with E-state index in [1.165, 1.54) is 12.1 Å². The summed E-state index contributed by atoms with van der Waals surface area (Å²) in [5.41, 5.74) is 1.74. The zero-order valence-corrected chi connectivity index (χ0v) is 8.60. The van der Waals surface area contributed by atoms with E-state index in [-0.39, 0.29) is 5.82 Å². The molecule has 0 saturated carbocycles. The lowest BCUT2D eigenvalue weighted by molar-refractivity contribution is 0.629. The minimum Gasteiger partial charge on any atom is -0.252 e. The average molecular weight is 240 g/mol. The predicted octanol–water partition coefficient (Wildman–Crippen LogP) is 3.44. The number of fused-ring (bicyclic) bond motifs is 1. The lowest BCUT2D eigenvalue weighted by atomic mass is 10.2. The fourth-order valence-corrected chi connectivity index (χ4v) is 1.79. The molecule has 0 bridgehead atoms. The molecule has 1 aromatic carbocycles. The van der Waals surface area contributed by atoms with E-state index in [9.17, 15) is 4.39 Å². The van der Waals surface area contributed by atoms with Crippen molar-refractivity contribution in [2.24, 2.45) is 0 Å². The molecule has 0 radical (unpaired) electrons. The van der Waals surface area contributed by atoms with Crippen LogP contribution in [0.25, 0.3) is 10.9 Å². The number of hydrogen-bond donors (Lipinski definition) is 0. The van der Waals surface area contributed by atoms with Crippen LogP contribution >= 0.6 is 15.9 Å². The lowest BCUT2D eigenvalue weighted by Crippen LogP contribution is -1.85. The monoisotopic (exact) mass is 239 g/mol. The van der Waals surface area contributed by atoms with Crippen LogP contribution in [0, 0.1) is 12.7 Å². The number of hydrogen-bond acceptors (Lipinski definition) is 1. The molecule has 0 saturated heterocycles. The predicted molar refractivity (Wildman–Crippen MR) is 54.1 cm³/mol. The van der Waals surface area contributed by atoms with Crippen LogP contribution in [0.3, 0.4) is 0 Å². The highest BCUT2D eigenvalue weighted by Gasteiger charge is 2.02. The fourth-order valence-electron chi connectivity index (χ4n) is 1.25. The summed E-state index contributed by atoms with van der Waals surface area (Å²) >= 11 is 3.28. The van der Waals surface area contributed by atoms with Gasteiger partial charge in [0.25, 0.3) is 0 Å². The first-order valence-corrected chi connectivity index (χ1v) is 4.68. The zero-order valence-electron chi connectivity index (χ0n) is 7.01. The van der Waals surface area contributed by atoms with Gasteiger partial charge in [-0.15, -0.1) is 0 Å². The smallest absolute Gasteiger partial charge is 0.125 e. The second kappa shape index (κ2) is 3.07. The summed E-state index contributed by atoms with van der Waals surface area (Å²) in [6, 6.07) is 6.64. The summed E-state index contributed by atoms with van der Waals surface area (Å²) in [5.74, 6) is -0.245. The molecular weight excluding hydrogens is 233 g/mol. The normalized spacial score (nSPS) is 10.7. The Bertz CT molecular complexity index is 468. The fraction of sp³-hybridized carbons (Fsp3) is 0.100. The molecule has 3 heteroatoms. The Hall–Kier alpha value is -0.960. The highest BCUT2D eigenvalue weighted by Crippen LogP contribution is 2.23. The molecule has 0 unspecified atom stereocenters. The van der Waals surface area contributed by atoms with Crippen LogP contribution in [0.15, 0.2) is 28.7 Å². The molecule has 2 rings (SSSR count). The maximum Gasteiger partial charge on any atom is 0.125 e. The summed E-state index contributed by atoms with van der Waals surface area (Å²) in [5, 5.41) is 0.817. The molecule has 0 amide bonds. The van der Waals surface area contributed by atoms with Crippen molar-refractivity contribution in [3.63, 3.8) is 0 Å². The number of halogens is 2. The number of rotatable bonds is 0. The van der Waals surface area contributed by atoms with E-state index in [0.29, 0.717) is 4.47 Å². The van der Waals surface area contributed by atoms with Crippen molar-refractivity contribution in [2.45, 2.75) is 6.92 Å². The largest absolute Gasteiger partial charge is 0.252 e. The molecule has 13 heavy (non-hydrogen) atoms. The lowest BCUT2D eigenvalue weighted by Gasteiger charge is -2.01. The molecule has 0 spiro atoms. The number of nitrogens with zero attached hydrogens (tertiary/aromatic N) is 1. The molecule has 0 aliphatic rings. The van der Waals surface area contributed by atoms with Crippen LogP contribution in [-0.4, -0.2) is 4.98 Å². The van der Waals surface area contributed by atoms with Crippen LogP contribution < -0.4 is 0 Å². The van der Waals surface area contributed by atoms with Gasteiger partial charge < -0.3 is 0 Å². The van der Waals surface area contributed by atoms with Gasteiger partial charge in [-0.25, -0.2) is 4.39 Å². The molecule has 0 atom stereocenters. The van der Waals surface area contributed by atoms with Crippen molar-refractivity contribution in [2.75, 3.05) is 0 Å². The Morgan fingerprint density at radius 1 is 1.31 bits per heavy atom. The van der Waals surface area contributed by atoms with Crippen LogP contribution in [0.4, 0.5) is 4.39 Å². The molecule has 2 aromatic rings. The molecular formula is C10H7BrFN. The van der Waals surface area contributed by atoms with E-state index in [4.69, 9.17) is 0 Å². The van der Waals surface area contributed by atoms with Crippen LogP contribution in [0.2, 0.25) is 0 Å². The van der Waals surface area contributed by atoms with Gasteiger partial charge >= 0.3 is 0 Å². The molecule has 1 heterocycles. The SMILES string of the molecule is Cc1ccc2cc(F)cc(Br)c2n1. The summed E-state index contributed by atoms with van der Waals surface area (Å²) in [4.78, 5) is 4.30. The Labute approximate surface area is 83.7 Å². The van der Waals surface area contributed by atoms with Crippen molar-refractivity contribution in [3.8, 4) is 0 Å². The van der Waals surface area contributed by atoms with E-state index >= 15 is 0 Å². The summed E-state index contributed by atoms with van der Waals surface area (Å²) in [6.45, 7) is 1.91. The first-order chi connectivity index (χ1) is 6.16. The van der Waals surface area contributed by atoms with E-state index in [0.717, 1.165) is 16.6 Å². The van der Waals surface area contributed by atoms with Gasteiger partial charge in [0, 0.05) is 15.6 Å². The second-order valence-electron chi connectivity index (χ2n) is 2.91. The number of aromatic nitrogens is 1. The molecule has 0 aliphatic heterocycles. The molecule has 0 fully saturated rings. The van der Waals surface area contributed by atoms with Gasteiger partial charge in [0.1, 0.15) is 5.82 Å². The van der Waals surface area contributed by atoms with Crippen molar-refractivity contribution < 1.29 is 4.39 Å². The third-order valence-corrected chi connectivity index (χ3v) is 2.45. The van der Waals surface area contributed by atoms with E-state index < -0.39 is 0 Å². The highest BCUT2D eigenvalue weighted by molar-refractivity contribution is 9.10.